The van der Waals surface area contributed by atoms with Crippen LogP contribution in [0.2, 0.25) is 4.82 Å². The van der Waals surface area contributed by atoms with E-state index in [1.54, 1.807) is 11.1 Å². The number of alkyl halides is 1. The zero-order valence-electron chi connectivity index (χ0n) is 9.86. The summed E-state index contributed by atoms with van der Waals surface area (Å²) in [6, 6.07) is 10.9. The summed E-state index contributed by atoms with van der Waals surface area (Å²) < 4.78 is 1.50. The van der Waals surface area contributed by atoms with Crippen LogP contribution in [0.5, 0.6) is 0 Å². The van der Waals surface area contributed by atoms with Crippen molar-refractivity contribution in [3.8, 4) is 0 Å². The molecule has 0 amide bonds. The molecule has 2 aliphatic carbocycles. The van der Waals surface area contributed by atoms with Crippen LogP contribution >= 0.6 is 11.6 Å². The molecule has 0 saturated carbocycles. The second-order valence-corrected chi connectivity index (χ2v) is 8.27. The Morgan fingerprint density at radius 3 is 2.47 bits per heavy atom. The minimum atomic E-state index is 0.382. The van der Waals surface area contributed by atoms with E-state index in [1.165, 1.54) is 30.1 Å². The molecular weight excluding hydrogens is 295 g/mol. The molecule has 17 heavy (non-hydrogen) atoms. The Hall–Kier alpha value is -0.231. The van der Waals surface area contributed by atoms with Gasteiger partial charge >= 0.3 is 115 Å². The Labute approximate surface area is 115 Å². The van der Waals surface area contributed by atoms with Crippen LogP contribution in [0, 0.1) is 0 Å². The second-order valence-electron chi connectivity index (χ2n) is 4.95. The molecule has 90 valence electrons. The fourth-order valence-electron chi connectivity index (χ4n) is 2.89. The van der Waals surface area contributed by atoms with Gasteiger partial charge in [0.15, 0.2) is 0 Å². The van der Waals surface area contributed by atoms with Crippen molar-refractivity contribution in [1.82, 2.24) is 0 Å². The summed E-state index contributed by atoms with van der Waals surface area (Å²) in [6.07, 6.45) is 6.48. The molecule has 2 heteroatoms. The van der Waals surface area contributed by atoms with Crippen LogP contribution in [-0.2, 0) is 0 Å². The van der Waals surface area contributed by atoms with Gasteiger partial charge in [-0.2, -0.15) is 0 Å². The average Bonchev–Trinajstić information content (AvgIpc) is 2.78. The van der Waals surface area contributed by atoms with Gasteiger partial charge in [-0.15, -0.1) is 0 Å². The SMILES string of the molecule is Cl[C@@H]1CC2=C(CCC2)C[C@H]1[Se]c1ccccc1. The topological polar surface area (TPSA) is 0 Å². The molecular formula is C15H17ClSe. The minimum absolute atomic E-state index is 0.382. The molecule has 0 nitrogen and oxygen atoms in total. The van der Waals surface area contributed by atoms with Crippen molar-refractivity contribution in [2.45, 2.75) is 42.3 Å². The summed E-state index contributed by atoms with van der Waals surface area (Å²) in [5.41, 5.74) is 3.45. The Balaban J connectivity index is 1.72. The van der Waals surface area contributed by atoms with Gasteiger partial charge in [0.05, 0.1) is 0 Å². The van der Waals surface area contributed by atoms with Crippen molar-refractivity contribution >= 4 is 31.0 Å². The van der Waals surface area contributed by atoms with Crippen LogP contribution in [0.25, 0.3) is 0 Å². The second kappa shape index (κ2) is 5.18. The zero-order valence-corrected chi connectivity index (χ0v) is 12.3. The molecule has 0 bridgehead atoms. The van der Waals surface area contributed by atoms with Crippen molar-refractivity contribution in [2.24, 2.45) is 0 Å². The molecule has 2 atom stereocenters. The Morgan fingerprint density at radius 2 is 1.71 bits per heavy atom. The summed E-state index contributed by atoms with van der Waals surface area (Å²) >= 11 is 7.12. The average molecular weight is 312 g/mol. The third kappa shape index (κ3) is 2.62. The van der Waals surface area contributed by atoms with Gasteiger partial charge in [-0.3, -0.25) is 0 Å². The predicted molar refractivity (Wildman–Crippen MR) is 75.3 cm³/mol. The molecule has 2 aliphatic rings. The molecule has 0 spiro atoms. The van der Waals surface area contributed by atoms with Crippen molar-refractivity contribution in [3.63, 3.8) is 0 Å². The maximum atomic E-state index is 6.58. The molecule has 0 aliphatic heterocycles. The van der Waals surface area contributed by atoms with Gasteiger partial charge in [0, 0.05) is 0 Å². The molecule has 0 aromatic heterocycles. The van der Waals surface area contributed by atoms with E-state index in [1.807, 2.05) is 0 Å². The van der Waals surface area contributed by atoms with E-state index in [2.05, 4.69) is 30.3 Å². The van der Waals surface area contributed by atoms with Crippen molar-refractivity contribution in [3.05, 3.63) is 41.5 Å². The van der Waals surface area contributed by atoms with Crippen molar-refractivity contribution < 1.29 is 0 Å². The van der Waals surface area contributed by atoms with Crippen molar-refractivity contribution in [1.29, 1.82) is 0 Å². The number of hydrogen-bond acceptors (Lipinski definition) is 0. The van der Waals surface area contributed by atoms with Crippen LogP contribution in [0.4, 0.5) is 0 Å². The van der Waals surface area contributed by atoms with Crippen LogP contribution in [0.1, 0.15) is 32.1 Å². The fraction of sp³-hybridized carbons (Fsp3) is 0.467. The van der Waals surface area contributed by atoms with E-state index in [4.69, 9.17) is 11.6 Å². The fourth-order valence-corrected chi connectivity index (χ4v) is 5.93. The van der Waals surface area contributed by atoms with Gasteiger partial charge in [0.2, 0.25) is 0 Å². The molecule has 0 fully saturated rings. The Kier molecular flexibility index (Phi) is 3.61. The first-order valence-corrected chi connectivity index (χ1v) is 8.66. The number of allylic oxidation sites excluding steroid dienone is 2. The van der Waals surface area contributed by atoms with Gasteiger partial charge in [0.25, 0.3) is 0 Å². The quantitative estimate of drug-likeness (QED) is 0.444. The normalized spacial score (nSPS) is 28.3. The van der Waals surface area contributed by atoms with Gasteiger partial charge in [-0.1, -0.05) is 0 Å². The first kappa shape index (κ1) is 11.8. The molecule has 1 aromatic carbocycles. The first-order valence-electron chi connectivity index (χ1n) is 6.38. The number of hydrogen-bond donors (Lipinski definition) is 0. The van der Waals surface area contributed by atoms with Crippen LogP contribution in [0.15, 0.2) is 41.5 Å². The number of benzene rings is 1. The molecule has 0 saturated heterocycles. The summed E-state index contributed by atoms with van der Waals surface area (Å²) in [5, 5.41) is 0.382. The molecule has 0 heterocycles. The molecule has 1 aromatic rings. The zero-order chi connectivity index (χ0) is 11.7. The monoisotopic (exact) mass is 312 g/mol. The van der Waals surface area contributed by atoms with Crippen LogP contribution in [0.3, 0.4) is 0 Å². The summed E-state index contributed by atoms with van der Waals surface area (Å²) in [7, 11) is 0. The summed E-state index contributed by atoms with van der Waals surface area (Å²) in [4.78, 5) is 0.711. The van der Waals surface area contributed by atoms with Gasteiger partial charge < -0.3 is 0 Å². The summed E-state index contributed by atoms with van der Waals surface area (Å²) in [6.45, 7) is 0. The van der Waals surface area contributed by atoms with Gasteiger partial charge in [-0.05, 0) is 0 Å². The predicted octanol–water partition coefficient (Wildman–Crippen LogP) is 3.69. The third-order valence-electron chi connectivity index (χ3n) is 3.78. The number of rotatable bonds is 2. The molecule has 0 N–H and O–H groups in total. The number of halogens is 1. The van der Waals surface area contributed by atoms with E-state index in [9.17, 15) is 0 Å². The molecule has 0 unspecified atom stereocenters. The summed E-state index contributed by atoms with van der Waals surface area (Å²) in [5.74, 6) is 0. The van der Waals surface area contributed by atoms with Crippen molar-refractivity contribution in [2.75, 3.05) is 0 Å². The van der Waals surface area contributed by atoms with Crippen LogP contribution < -0.4 is 4.46 Å². The van der Waals surface area contributed by atoms with Gasteiger partial charge in [-0.25, -0.2) is 0 Å². The van der Waals surface area contributed by atoms with E-state index >= 15 is 0 Å². The standard InChI is InChI=1S/C15H17ClSe/c16-14-9-11-5-4-6-12(11)10-15(14)17-13-7-2-1-3-8-13/h1-3,7-8,14-15H,4-6,9-10H2/t14-,15-/m1/s1. The maximum absolute atomic E-state index is 6.58. The van der Waals surface area contributed by atoms with E-state index < -0.39 is 0 Å². The Bertz CT molecular complexity index is 424. The van der Waals surface area contributed by atoms with E-state index in [-0.39, 0.29) is 0 Å². The molecule has 3 rings (SSSR count). The van der Waals surface area contributed by atoms with E-state index in [0.717, 1.165) is 6.42 Å². The Morgan fingerprint density at radius 1 is 1.00 bits per heavy atom. The first-order chi connectivity index (χ1) is 8.33. The third-order valence-corrected chi connectivity index (χ3v) is 7.39. The van der Waals surface area contributed by atoms with E-state index in [0.29, 0.717) is 25.2 Å². The molecule has 0 radical (unpaired) electrons. The van der Waals surface area contributed by atoms with Gasteiger partial charge in [0.1, 0.15) is 0 Å². The van der Waals surface area contributed by atoms with Crippen LogP contribution in [-0.4, -0.2) is 20.3 Å².